The van der Waals surface area contributed by atoms with Crippen molar-refractivity contribution in [2.75, 3.05) is 12.4 Å². The SMILES string of the molecule is COc1cccc(/C=C(\C#N)C(=O)Nc2ccc(F)cc2)c1. The maximum absolute atomic E-state index is 12.8. The number of hydrogen-bond acceptors (Lipinski definition) is 3. The number of nitrogens with one attached hydrogen (secondary N) is 1. The highest BCUT2D eigenvalue weighted by atomic mass is 19.1. The zero-order valence-electron chi connectivity index (χ0n) is 11.8. The third-order valence-electron chi connectivity index (χ3n) is 2.87. The Labute approximate surface area is 127 Å². The maximum atomic E-state index is 12.8. The van der Waals surface area contributed by atoms with Gasteiger partial charge in [-0.1, -0.05) is 12.1 Å². The molecule has 0 unspecified atom stereocenters. The number of halogens is 1. The quantitative estimate of drug-likeness (QED) is 0.695. The van der Waals surface area contributed by atoms with Crippen molar-refractivity contribution in [3.05, 3.63) is 65.5 Å². The van der Waals surface area contributed by atoms with Crippen LogP contribution in [-0.2, 0) is 4.79 Å². The second kappa shape index (κ2) is 7.04. The summed E-state index contributed by atoms with van der Waals surface area (Å²) in [5.74, 6) is -0.327. The van der Waals surface area contributed by atoms with E-state index in [9.17, 15) is 9.18 Å². The second-order valence-corrected chi connectivity index (χ2v) is 4.41. The second-order valence-electron chi connectivity index (χ2n) is 4.41. The number of benzene rings is 2. The molecule has 4 nitrogen and oxygen atoms in total. The molecule has 0 aliphatic rings. The van der Waals surface area contributed by atoms with Crippen molar-refractivity contribution in [1.82, 2.24) is 0 Å². The zero-order valence-corrected chi connectivity index (χ0v) is 11.8. The maximum Gasteiger partial charge on any atom is 0.266 e. The zero-order chi connectivity index (χ0) is 15.9. The summed E-state index contributed by atoms with van der Waals surface area (Å²) in [7, 11) is 1.54. The topological polar surface area (TPSA) is 62.1 Å². The van der Waals surface area contributed by atoms with Crippen LogP contribution in [0.3, 0.4) is 0 Å². The normalized spacial score (nSPS) is 10.7. The van der Waals surface area contributed by atoms with Gasteiger partial charge in [0.1, 0.15) is 23.2 Å². The third kappa shape index (κ3) is 3.93. The number of anilines is 1. The van der Waals surface area contributed by atoms with E-state index in [4.69, 9.17) is 10.00 Å². The number of carbonyl (C=O) groups is 1. The van der Waals surface area contributed by atoms with Crippen LogP contribution in [-0.4, -0.2) is 13.0 Å². The summed E-state index contributed by atoms with van der Waals surface area (Å²) < 4.78 is 17.9. The van der Waals surface area contributed by atoms with Crippen molar-refractivity contribution in [2.45, 2.75) is 0 Å². The highest BCUT2D eigenvalue weighted by molar-refractivity contribution is 6.09. The van der Waals surface area contributed by atoms with Crippen LogP contribution in [0, 0.1) is 17.1 Å². The number of ether oxygens (including phenoxy) is 1. The van der Waals surface area contributed by atoms with Gasteiger partial charge in [0.15, 0.2) is 0 Å². The molecule has 0 saturated heterocycles. The fourth-order valence-electron chi connectivity index (χ4n) is 1.78. The highest BCUT2D eigenvalue weighted by Crippen LogP contribution is 2.16. The summed E-state index contributed by atoms with van der Waals surface area (Å²) in [6.07, 6.45) is 1.46. The van der Waals surface area contributed by atoms with Crippen LogP contribution in [0.2, 0.25) is 0 Å². The van der Waals surface area contributed by atoms with Gasteiger partial charge in [0.2, 0.25) is 0 Å². The Morgan fingerprint density at radius 1 is 1.27 bits per heavy atom. The first kappa shape index (κ1) is 15.3. The van der Waals surface area contributed by atoms with Crippen LogP contribution >= 0.6 is 0 Å². The molecule has 22 heavy (non-hydrogen) atoms. The smallest absolute Gasteiger partial charge is 0.266 e. The summed E-state index contributed by atoms with van der Waals surface area (Å²) in [4.78, 5) is 12.1. The Balaban J connectivity index is 2.19. The van der Waals surface area contributed by atoms with Crippen molar-refractivity contribution in [1.29, 1.82) is 5.26 Å². The van der Waals surface area contributed by atoms with Crippen molar-refractivity contribution in [2.24, 2.45) is 0 Å². The molecule has 1 amide bonds. The summed E-state index contributed by atoms with van der Waals surface area (Å²) in [5.41, 5.74) is 1.03. The van der Waals surface area contributed by atoms with Gasteiger partial charge in [0.05, 0.1) is 7.11 Å². The van der Waals surface area contributed by atoms with Gasteiger partial charge in [0.25, 0.3) is 5.91 Å². The number of carbonyl (C=O) groups excluding carboxylic acids is 1. The largest absolute Gasteiger partial charge is 0.497 e. The van der Waals surface area contributed by atoms with E-state index in [2.05, 4.69) is 5.32 Å². The van der Waals surface area contributed by atoms with Gasteiger partial charge in [-0.15, -0.1) is 0 Å². The van der Waals surface area contributed by atoms with Gasteiger partial charge >= 0.3 is 0 Å². The van der Waals surface area contributed by atoms with Crippen molar-refractivity contribution in [3.8, 4) is 11.8 Å². The standard InChI is InChI=1S/C17H13FN2O2/c1-22-16-4-2-3-12(10-16)9-13(11-19)17(21)20-15-7-5-14(18)6-8-15/h2-10H,1H3,(H,20,21)/b13-9+. The van der Waals surface area contributed by atoms with Crippen molar-refractivity contribution >= 4 is 17.7 Å². The molecular formula is C17H13FN2O2. The van der Waals surface area contributed by atoms with Crippen LogP contribution in [0.15, 0.2) is 54.1 Å². The summed E-state index contributed by atoms with van der Waals surface area (Å²) >= 11 is 0. The summed E-state index contributed by atoms with van der Waals surface area (Å²) in [6, 6.07) is 14.2. The summed E-state index contributed by atoms with van der Waals surface area (Å²) in [5, 5.41) is 11.7. The lowest BCUT2D eigenvalue weighted by Crippen LogP contribution is -2.13. The fraction of sp³-hybridized carbons (Fsp3) is 0.0588. The van der Waals surface area contributed by atoms with E-state index >= 15 is 0 Å². The molecule has 1 N–H and O–H groups in total. The predicted molar refractivity (Wildman–Crippen MR) is 81.6 cm³/mol. The first-order chi connectivity index (χ1) is 10.6. The van der Waals surface area contributed by atoms with Gasteiger partial charge in [0, 0.05) is 5.69 Å². The molecule has 0 bridgehead atoms. The fourth-order valence-corrected chi connectivity index (χ4v) is 1.78. The Morgan fingerprint density at radius 2 is 2.00 bits per heavy atom. The van der Waals surface area contributed by atoms with E-state index in [1.807, 2.05) is 6.07 Å². The molecule has 0 radical (unpaired) electrons. The number of nitrogens with zero attached hydrogens (tertiary/aromatic N) is 1. The highest BCUT2D eigenvalue weighted by Gasteiger charge is 2.09. The molecule has 0 spiro atoms. The van der Waals surface area contributed by atoms with E-state index in [-0.39, 0.29) is 5.57 Å². The van der Waals surface area contributed by atoms with Gasteiger partial charge in [-0.2, -0.15) is 5.26 Å². The monoisotopic (exact) mass is 296 g/mol. The van der Waals surface area contributed by atoms with Crippen molar-refractivity contribution < 1.29 is 13.9 Å². The predicted octanol–water partition coefficient (Wildman–Crippen LogP) is 3.38. The lowest BCUT2D eigenvalue weighted by molar-refractivity contribution is -0.112. The number of methoxy groups -OCH3 is 1. The molecule has 0 aromatic heterocycles. The van der Waals surface area contributed by atoms with E-state index in [1.54, 1.807) is 24.3 Å². The minimum Gasteiger partial charge on any atom is -0.497 e. The Bertz CT molecular complexity index is 746. The Kier molecular flexibility index (Phi) is 4.89. The lowest BCUT2D eigenvalue weighted by atomic mass is 10.1. The van der Waals surface area contributed by atoms with Crippen LogP contribution < -0.4 is 10.1 Å². The van der Waals surface area contributed by atoms with Gasteiger partial charge in [-0.05, 0) is 48.0 Å². The molecular weight excluding hydrogens is 283 g/mol. The van der Waals surface area contributed by atoms with Crippen LogP contribution in [0.1, 0.15) is 5.56 Å². The molecule has 2 rings (SSSR count). The minimum absolute atomic E-state index is 0.0578. The number of rotatable bonds is 4. The molecule has 0 atom stereocenters. The van der Waals surface area contributed by atoms with Crippen LogP contribution in [0.5, 0.6) is 5.75 Å². The number of amides is 1. The molecule has 2 aromatic rings. The molecule has 0 aliphatic heterocycles. The van der Waals surface area contributed by atoms with Crippen LogP contribution in [0.4, 0.5) is 10.1 Å². The molecule has 0 aliphatic carbocycles. The van der Waals surface area contributed by atoms with Gasteiger partial charge in [-0.3, -0.25) is 4.79 Å². The minimum atomic E-state index is -0.558. The molecule has 110 valence electrons. The van der Waals surface area contributed by atoms with E-state index in [1.165, 1.54) is 37.5 Å². The molecule has 0 fully saturated rings. The van der Waals surface area contributed by atoms with E-state index in [0.717, 1.165) is 0 Å². The average molecular weight is 296 g/mol. The van der Waals surface area contributed by atoms with E-state index in [0.29, 0.717) is 17.0 Å². The Hall–Kier alpha value is -3.13. The number of hydrogen-bond donors (Lipinski definition) is 1. The van der Waals surface area contributed by atoms with Gasteiger partial charge in [-0.25, -0.2) is 4.39 Å². The van der Waals surface area contributed by atoms with Gasteiger partial charge < -0.3 is 10.1 Å². The number of nitriles is 1. The summed E-state index contributed by atoms with van der Waals surface area (Å²) in [6.45, 7) is 0. The Morgan fingerprint density at radius 3 is 2.64 bits per heavy atom. The lowest BCUT2D eigenvalue weighted by Gasteiger charge is -2.05. The molecule has 0 saturated carbocycles. The third-order valence-corrected chi connectivity index (χ3v) is 2.87. The first-order valence-corrected chi connectivity index (χ1v) is 6.45. The van der Waals surface area contributed by atoms with Crippen molar-refractivity contribution in [3.63, 3.8) is 0 Å². The first-order valence-electron chi connectivity index (χ1n) is 6.45. The van der Waals surface area contributed by atoms with E-state index < -0.39 is 11.7 Å². The molecule has 0 heterocycles. The molecule has 5 heteroatoms. The average Bonchev–Trinajstić information content (AvgIpc) is 2.54. The molecule has 2 aromatic carbocycles. The van der Waals surface area contributed by atoms with Crippen LogP contribution in [0.25, 0.3) is 6.08 Å².